The van der Waals surface area contributed by atoms with Crippen molar-refractivity contribution in [3.8, 4) is 0 Å². The summed E-state index contributed by atoms with van der Waals surface area (Å²) in [4.78, 5) is 0. The minimum atomic E-state index is -0.506. The number of halogens is 1. The highest BCUT2D eigenvalue weighted by molar-refractivity contribution is 5.79. The molecule has 1 aromatic rings. The summed E-state index contributed by atoms with van der Waals surface area (Å²) in [5.74, 6) is 0.749. The predicted molar refractivity (Wildman–Crippen MR) is 92.9 cm³/mol. The summed E-state index contributed by atoms with van der Waals surface area (Å²) in [5, 5.41) is 4.73. The molecular formula is C19H27FN2O. The number of nitrogens with zero attached hydrogens (tertiary/aromatic N) is 2. The van der Waals surface area contributed by atoms with E-state index >= 15 is 0 Å². The summed E-state index contributed by atoms with van der Waals surface area (Å²) >= 11 is 0. The molecule has 1 aliphatic heterocycles. The molecule has 1 aromatic heterocycles. The van der Waals surface area contributed by atoms with Crippen LogP contribution in [0, 0.1) is 0 Å². The van der Waals surface area contributed by atoms with E-state index in [1.54, 1.807) is 7.11 Å². The van der Waals surface area contributed by atoms with E-state index in [9.17, 15) is 4.39 Å². The molecule has 4 heteroatoms. The maximum atomic E-state index is 13.5. The topological polar surface area (TPSA) is 27.1 Å². The SMILES string of the molecule is C\C=C(CF)/C(=C\C(=C\CC)OC)c1cc2n(n1)CCCCC2. The van der Waals surface area contributed by atoms with Crippen LogP contribution in [0.4, 0.5) is 4.39 Å². The zero-order valence-electron chi connectivity index (χ0n) is 14.4. The molecule has 2 rings (SSSR count). The van der Waals surface area contributed by atoms with Crippen molar-refractivity contribution in [2.24, 2.45) is 0 Å². The first-order valence-corrected chi connectivity index (χ1v) is 8.47. The second-order valence-electron chi connectivity index (χ2n) is 5.78. The van der Waals surface area contributed by atoms with Gasteiger partial charge in [-0.25, -0.2) is 4.39 Å². The summed E-state index contributed by atoms with van der Waals surface area (Å²) < 4.78 is 21.0. The lowest BCUT2D eigenvalue weighted by Crippen LogP contribution is -2.03. The van der Waals surface area contributed by atoms with Crippen LogP contribution in [-0.2, 0) is 17.7 Å². The third-order valence-corrected chi connectivity index (χ3v) is 4.21. The number of hydrogen-bond donors (Lipinski definition) is 0. The van der Waals surface area contributed by atoms with Crippen LogP contribution in [0.2, 0.25) is 0 Å². The first kappa shape index (κ1) is 17.5. The highest BCUT2D eigenvalue weighted by Crippen LogP contribution is 2.27. The Balaban J connectivity index is 2.46. The molecule has 2 heterocycles. The van der Waals surface area contributed by atoms with Crippen LogP contribution in [0.3, 0.4) is 0 Å². The number of alkyl halides is 1. The molecule has 23 heavy (non-hydrogen) atoms. The molecule has 0 fully saturated rings. The summed E-state index contributed by atoms with van der Waals surface area (Å²) in [5.41, 5.74) is 3.55. The molecule has 0 spiro atoms. The Morgan fingerprint density at radius 1 is 1.39 bits per heavy atom. The van der Waals surface area contributed by atoms with Gasteiger partial charge in [-0.3, -0.25) is 4.68 Å². The number of fused-ring (bicyclic) bond motifs is 1. The zero-order valence-corrected chi connectivity index (χ0v) is 14.4. The van der Waals surface area contributed by atoms with E-state index in [4.69, 9.17) is 9.84 Å². The highest BCUT2D eigenvalue weighted by Gasteiger charge is 2.16. The molecule has 3 nitrogen and oxygen atoms in total. The summed E-state index contributed by atoms with van der Waals surface area (Å²) in [6.07, 6.45) is 11.2. The van der Waals surface area contributed by atoms with E-state index < -0.39 is 6.67 Å². The number of aryl methyl sites for hydroxylation is 2. The number of allylic oxidation sites excluding steroid dienone is 5. The lowest BCUT2D eigenvalue weighted by Gasteiger charge is -2.09. The van der Waals surface area contributed by atoms with Crippen molar-refractivity contribution in [1.29, 1.82) is 0 Å². The fourth-order valence-electron chi connectivity index (χ4n) is 2.91. The first-order valence-electron chi connectivity index (χ1n) is 8.47. The van der Waals surface area contributed by atoms with Crippen LogP contribution in [-0.4, -0.2) is 23.6 Å². The molecule has 0 unspecified atom stereocenters. The van der Waals surface area contributed by atoms with Gasteiger partial charge in [-0.15, -0.1) is 0 Å². The second-order valence-corrected chi connectivity index (χ2v) is 5.78. The lowest BCUT2D eigenvalue weighted by atomic mass is 10.0. The van der Waals surface area contributed by atoms with E-state index in [1.807, 2.05) is 25.2 Å². The molecule has 0 N–H and O–H groups in total. The summed E-state index contributed by atoms with van der Waals surface area (Å²) in [7, 11) is 1.64. The van der Waals surface area contributed by atoms with Gasteiger partial charge in [0.1, 0.15) is 12.4 Å². The average Bonchev–Trinajstić information content (AvgIpc) is 2.84. The van der Waals surface area contributed by atoms with E-state index in [1.165, 1.54) is 18.5 Å². The smallest absolute Gasteiger partial charge is 0.115 e. The Labute approximate surface area is 138 Å². The van der Waals surface area contributed by atoms with Crippen molar-refractivity contribution >= 4 is 5.57 Å². The van der Waals surface area contributed by atoms with Crippen molar-refractivity contribution in [3.63, 3.8) is 0 Å². The van der Waals surface area contributed by atoms with Crippen molar-refractivity contribution < 1.29 is 9.13 Å². The van der Waals surface area contributed by atoms with Crippen LogP contribution < -0.4 is 0 Å². The number of rotatable bonds is 6. The van der Waals surface area contributed by atoms with Crippen molar-refractivity contribution in [2.75, 3.05) is 13.8 Å². The Bertz CT molecular complexity index is 587. The normalized spacial score (nSPS) is 17.0. The standard InChI is InChI=1S/C19H27FN2O/c1-4-9-17(23-3)13-18(15(5-2)14-20)19-12-16-10-7-6-8-11-22(16)21-19/h5,9,12-13H,4,6-8,10-11,14H2,1-3H3/b15-5-,17-9-,18-13+. The van der Waals surface area contributed by atoms with Crippen LogP contribution >= 0.6 is 0 Å². The van der Waals surface area contributed by atoms with Gasteiger partial charge in [0.05, 0.1) is 12.8 Å². The molecule has 0 bridgehead atoms. The maximum absolute atomic E-state index is 13.5. The molecule has 0 saturated carbocycles. The molecule has 126 valence electrons. The molecule has 0 saturated heterocycles. The molecule has 0 aliphatic carbocycles. The van der Waals surface area contributed by atoms with Crippen LogP contribution in [0.1, 0.15) is 50.9 Å². The third-order valence-electron chi connectivity index (χ3n) is 4.21. The largest absolute Gasteiger partial charge is 0.497 e. The predicted octanol–water partition coefficient (Wildman–Crippen LogP) is 4.85. The van der Waals surface area contributed by atoms with Crippen molar-refractivity contribution in [1.82, 2.24) is 9.78 Å². The van der Waals surface area contributed by atoms with Gasteiger partial charge < -0.3 is 4.74 Å². The van der Waals surface area contributed by atoms with E-state index in [0.29, 0.717) is 5.57 Å². The van der Waals surface area contributed by atoms with Gasteiger partial charge in [-0.05, 0) is 56.4 Å². The third kappa shape index (κ3) is 4.34. The quantitative estimate of drug-likeness (QED) is 0.554. The van der Waals surface area contributed by atoms with Crippen LogP contribution in [0.25, 0.3) is 5.57 Å². The maximum Gasteiger partial charge on any atom is 0.115 e. The Hall–Kier alpha value is -1.84. The van der Waals surface area contributed by atoms with E-state index in [0.717, 1.165) is 42.8 Å². The minimum absolute atomic E-state index is 0.506. The minimum Gasteiger partial charge on any atom is -0.497 e. The Morgan fingerprint density at radius 2 is 2.22 bits per heavy atom. The molecule has 0 aromatic carbocycles. The van der Waals surface area contributed by atoms with E-state index in [-0.39, 0.29) is 0 Å². The average molecular weight is 318 g/mol. The van der Waals surface area contributed by atoms with Gasteiger partial charge in [0.2, 0.25) is 0 Å². The summed E-state index contributed by atoms with van der Waals surface area (Å²) in [6.45, 7) is 4.36. The van der Waals surface area contributed by atoms with Crippen molar-refractivity contribution in [2.45, 2.75) is 52.5 Å². The number of methoxy groups -OCH3 is 1. The highest BCUT2D eigenvalue weighted by atomic mass is 19.1. The Kier molecular flexibility index (Phi) is 6.63. The van der Waals surface area contributed by atoms with Gasteiger partial charge >= 0.3 is 0 Å². The molecule has 0 amide bonds. The van der Waals surface area contributed by atoms with Gasteiger partial charge in [0.15, 0.2) is 0 Å². The summed E-state index contributed by atoms with van der Waals surface area (Å²) in [6, 6.07) is 2.11. The second kappa shape index (κ2) is 8.70. The van der Waals surface area contributed by atoms with Crippen molar-refractivity contribution in [3.05, 3.63) is 47.0 Å². The van der Waals surface area contributed by atoms with Gasteiger partial charge in [0, 0.05) is 17.8 Å². The van der Waals surface area contributed by atoms with Crippen LogP contribution in [0.5, 0.6) is 0 Å². The fraction of sp³-hybridized carbons (Fsp3) is 0.526. The van der Waals surface area contributed by atoms with Crippen LogP contribution in [0.15, 0.2) is 35.6 Å². The van der Waals surface area contributed by atoms with Gasteiger partial charge in [0.25, 0.3) is 0 Å². The lowest BCUT2D eigenvalue weighted by molar-refractivity contribution is 0.305. The Morgan fingerprint density at radius 3 is 2.87 bits per heavy atom. The van der Waals surface area contributed by atoms with Gasteiger partial charge in [-0.2, -0.15) is 5.10 Å². The zero-order chi connectivity index (χ0) is 16.7. The molecule has 0 radical (unpaired) electrons. The number of ether oxygens (including phenoxy) is 1. The number of hydrogen-bond acceptors (Lipinski definition) is 2. The fourth-order valence-corrected chi connectivity index (χ4v) is 2.91. The molecular weight excluding hydrogens is 291 g/mol. The number of aromatic nitrogens is 2. The monoisotopic (exact) mass is 318 g/mol. The van der Waals surface area contributed by atoms with Gasteiger partial charge in [-0.1, -0.05) is 19.4 Å². The molecule has 1 aliphatic rings. The van der Waals surface area contributed by atoms with E-state index in [2.05, 4.69) is 17.7 Å². The first-order chi connectivity index (χ1) is 11.2. The molecule has 0 atom stereocenters.